The van der Waals surface area contributed by atoms with E-state index in [1.165, 1.54) is 0 Å². The van der Waals surface area contributed by atoms with Gasteiger partial charge in [-0.05, 0) is 35.6 Å². The maximum Gasteiger partial charge on any atom is 0.407 e. The van der Waals surface area contributed by atoms with E-state index in [1.807, 2.05) is 91.1 Å². The third kappa shape index (κ3) is 6.97. The number of primary amides is 1. The zero-order valence-corrected chi connectivity index (χ0v) is 20.3. The Morgan fingerprint density at radius 3 is 2.24 bits per heavy atom. The third-order valence-electron chi connectivity index (χ3n) is 6.18. The molecule has 0 bridgehead atoms. The van der Waals surface area contributed by atoms with E-state index in [9.17, 15) is 14.9 Å². The zero-order chi connectivity index (χ0) is 26.0. The molecular formula is C29H29N5O3. The molecule has 5 N–H and O–H groups in total. The number of hydrogen-bond donors (Lipinski definition) is 4. The maximum absolute atomic E-state index is 12.8. The molecule has 4 rings (SSSR count). The second-order valence-electron chi connectivity index (χ2n) is 8.79. The van der Waals surface area contributed by atoms with Crippen LogP contribution in [0.5, 0.6) is 0 Å². The van der Waals surface area contributed by atoms with Crippen LogP contribution in [0.1, 0.15) is 16.7 Å². The van der Waals surface area contributed by atoms with Crippen LogP contribution in [0, 0.1) is 11.3 Å². The van der Waals surface area contributed by atoms with Gasteiger partial charge in [-0.3, -0.25) is 10.1 Å². The van der Waals surface area contributed by atoms with Gasteiger partial charge in [-0.1, -0.05) is 78.9 Å². The van der Waals surface area contributed by atoms with Crippen molar-refractivity contribution in [3.05, 3.63) is 108 Å². The number of hydrogen-bond acceptors (Lipinski definition) is 5. The minimum Gasteiger partial charge on any atom is -0.445 e. The van der Waals surface area contributed by atoms with Crippen LogP contribution in [-0.2, 0) is 29.0 Å². The summed E-state index contributed by atoms with van der Waals surface area (Å²) in [5.74, 6) is -0.582. The number of nitrogens with two attached hydrogens (primary N) is 1. The molecule has 0 aliphatic heterocycles. The summed E-state index contributed by atoms with van der Waals surface area (Å²) in [4.78, 5) is 28.3. The molecule has 8 heteroatoms. The van der Waals surface area contributed by atoms with E-state index in [1.54, 1.807) is 0 Å². The fraction of sp³-hybridized carbons (Fsp3) is 0.207. The van der Waals surface area contributed by atoms with Crippen molar-refractivity contribution in [2.24, 2.45) is 5.73 Å². The van der Waals surface area contributed by atoms with Gasteiger partial charge in [0.05, 0.1) is 18.2 Å². The molecule has 0 radical (unpaired) electrons. The van der Waals surface area contributed by atoms with Crippen molar-refractivity contribution in [3.8, 4) is 6.07 Å². The molecule has 1 aromatic heterocycles. The van der Waals surface area contributed by atoms with E-state index < -0.39 is 30.1 Å². The van der Waals surface area contributed by atoms with E-state index in [-0.39, 0.29) is 6.61 Å². The first-order valence-electron chi connectivity index (χ1n) is 12.0. The Balaban J connectivity index is 1.53. The Hall–Kier alpha value is -4.61. The van der Waals surface area contributed by atoms with Gasteiger partial charge in [0.1, 0.15) is 12.6 Å². The number of carbonyl (C=O) groups excluding carboxylic acids is 2. The van der Waals surface area contributed by atoms with Gasteiger partial charge < -0.3 is 20.8 Å². The number of carbonyl (C=O) groups is 2. The smallest absolute Gasteiger partial charge is 0.407 e. The molecule has 188 valence electrons. The number of aromatic amines is 1. The highest BCUT2D eigenvalue weighted by Gasteiger charge is 2.29. The number of amides is 2. The molecule has 0 aliphatic rings. The fourth-order valence-corrected chi connectivity index (χ4v) is 4.26. The van der Waals surface area contributed by atoms with Gasteiger partial charge in [-0.2, -0.15) is 5.26 Å². The summed E-state index contributed by atoms with van der Waals surface area (Å²) in [7, 11) is 0. The van der Waals surface area contributed by atoms with Crippen LogP contribution >= 0.6 is 0 Å². The number of nitriles is 1. The SMILES string of the molecule is N#C[C@@H](N[C@@H](Cc1ccccc1)C(N)=O)[C@H](Cc1c[nH]c2ccccc12)NC(=O)OCc1ccccc1. The molecule has 0 unspecified atom stereocenters. The average molecular weight is 496 g/mol. The molecule has 0 spiro atoms. The minimum atomic E-state index is -0.917. The maximum atomic E-state index is 12.8. The number of alkyl carbamates (subject to hydrolysis) is 1. The van der Waals surface area contributed by atoms with Crippen LogP contribution in [-0.4, -0.2) is 35.1 Å². The van der Waals surface area contributed by atoms with Gasteiger partial charge in [0.15, 0.2) is 0 Å². The quantitative estimate of drug-likeness (QED) is 0.252. The highest BCUT2D eigenvalue weighted by molar-refractivity contribution is 5.83. The van der Waals surface area contributed by atoms with Crippen molar-refractivity contribution in [3.63, 3.8) is 0 Å². The van der Waals surface area contributed by atoms with Crippen LogP contribution < -0.4 is 16.4 Å². The zero-order valence-electron chi connectivity index (χ0n) is 20.3. The van der Waals surface area contributed by atoms with Crippen molar-refractivity contribution >= 4 is 22.9 Å². The number of H-pyrrole nitrogens is 1. The monoisotopic (exact) mass is 495 g/mol. The lowest BCUT2D eigenvalue weighted by molar-refractivity contribution is -0.120. The number of para-hydroxylation sites is 1. The predicted octanol–water partition coefficient (Wildman–Crippen LogP) is 3.58. The summed E-state index contributed by atoms with van der Waals surface area (Å²) in [5.41, 5.74) is 9.30. The summed E-state index contributed by atoms with van der Waals surface area (Å²) < 4.78 is 5.42. The highest BCUT2D eigenvalue weighted by atomic mass is 16.5. The summed E-state index contributed by atoms with van der Waals surface area (Å²) in [6.45, 7) is 0.0923. The van der Waals surface area contributed by atoms with E-state index in [0.29, 0.717) is 12.8 Å². The lowest BCUT2D eigenvalue weighted by Crippen LogP contribution is -2.56. The Labute approximate surface area is 215 Å². The minimum absolute atomic E-state index is 0.0923. The Morgan fingerprint density at radius 1 is 0.919 bits per heavy atom. The highest BCUT2D eigenvalue weighted by Crippen LogP contribution is 2.20. The van der Waals surface area contributed by atoms with Gasteiger partial charge >= 0.3 is 6.09 Å². The van der Waals surface area contributed by atoms with Gasteiger partial charge in [-0.15, -0.1) is 0 Å². The van der Waals surface area contributed by atoms with E-state index >= 15 is 0 Å². The average Bonchev–Trinajstić information content (AvgIpc) is 3.33. The Bertz CT molecular complexity index is 1360. The summed E-state index contributed by atoms with van der Waals surface area (Å²) in [6, 6.07) is 26.3. The fourth-order valence-electron chi connectivity index (χ4n) is 4.26. The van der Waals surface area contributed by atoms with Crippen molar-refractivity contribution < 1.29 is 14.3 Å². The molecule has 37 heavy (non-hydrogen) atoms. The van der Waals surface area contributed by atoms with Crippen LogP contribution in [0.4, 0.5) is 4.79 Å². The summed E-state index contributed by atoms with van der Waals surface area (Å²) in [5, 5.41) is 17.0. The lowest BCUT2D eigenvalue weighted by atomic mass is 9.97. The van der Waals surface area contributed by atoms with Gasteiger partial charge in [0, 0.05) is 17.1 Å². The molecule has 1 heterocycles. The second kappa shape index (κ2) is 12.4. The number of fused-ring (bicyclic) bond motifs is 1. The normalized spacial score (nSPS) is 13.3. The molecule has 2 amide bonds. The number of nitrogens with one attached hydrogen (secondary N) is 3. The van der Waals surface area contributed by atoms with Gasteiger partial charge in [0.2, 0.25) is 5.91 Å². The molecule has 4 aromatic rings. The number of nitrogens with zero attached hydrogens (tertiary/aromatic N) is 1. The number of rotatable bonds is 11. The van der Waals surface area contributed by atoms with Crippen molar-refractivity contribution in [2.75, 3.05) is 0 Å². The van der Waals surface area contributed by atoms with Gasteiger partial charge in [0.25, 0.3) is 0 Å². The van der Waals surface area contributed by atoms with Crippen molar-refractivity contribution in [1.29, 1.82) is 5.26 Å². The Morgan fingerprint density at radius 2 is 1.57 bits per heavy atom. The van der Waals surface area contributed by atoms with Gasteiger partial charge in [-0.25, -0.2) is 4.79 Å². The largest absolute Gasteiger partial charge is 0.445 e. The summed E-state index contributed by atoms with van der Waals surface area (Å²) in [6.07, 6.45) is 1.84. The molecule has 0 saturated heterocycles. The standard InChI is InChI=1S/C29H29N5O3/c30-17-27(33-26(28(31)35)15-20-9-3-1-4-10-20)25(16-22-18-32-24-14-8-7-13-23(22)24)34-29(36)37-19-21-11-5-2-6-12-21/h1-14,18,25-27,32-33H,15-16,19H2,(H2,31,35)(H,34,36)/t25-,26-,27+/m0/s1. The molecule has 3 aromatic carbocycles. The van der Waals surface area contributed by atoms with E-state index in [0.717, 1.165) is 27.6 Å². The van der Waals surface area contributed by atoms with E-state index in [4.69, 9.17) is 10.5 Å². The Kier molecular flexibility index (Phi) is 8.53. The van der Waals surface area contributed by atoms with Crippen LogP contribution in [0.25, 0.3) is 10.9 Å². The van der Waals surface area contributed by atoms with Crippen molar-refractivity contribution in [2.45, 2.75) is 37.6 Å². The second-order valence-corrected chi connectivity index (χ2v) is 8.79. The predicted molar refractivity (Wildman–Crippen MR) is 141 cm³/mol. The first-order valence-corrected chi connectivity index (χ1v) is 12.0. The topological polar surface area (TPSA) is 133 Å². The molecule has 0 fully saturated rings. The first kappa shape index (κ1) is 25.5. The van der Waals surface area contributed by atoms with Crippen molar-refractivity contribution in [1.82, 2.24) is 15.6 Å². The van der Waals surface area contributed by atoms with Crippen LogP contribution in [0.2, 0.25) is 0 Å². The third-order valence-corrected chi connectivity index (χ3v) is 6.18. The van der Waals surface area contributed by atoms with Crippen LogP contribution in [0.3, 0.4) is 0 Å². The summed E-state index contributed by atoms with van der Waals surface area (Å²) >= 11 is 0. The first-order chi connectivity index (χ1) is 18.0. The number of benzene rings is 3. The number of ether oxygens (including phenoxy) is 1. The molecule has 0 aliphatic carbocycles. The molecular weight excluding hydrogens is 466 g/mol. The number of aromatic nitrogens is 1. The molecule has 0 saturated carbocycles. The van der Waals surface area contributed by atoms with Crippen LogP contribution in [0.15, 0.2) is 91.1 Å². The van der Waals surface area contributed by atoms with E-state index in [2.05, 4.69) is 21.7 Å². The lowest BCUT2D eigenvalue weighted by Gasteiger charge is -2.27. The molecule has 8 nitrogen and oxygen atoms in total. The molecule has 3 atom stereocenters.